The molecule has 0 nitrogen and oxygen atoms in total. The van der Waals surface area contributed by atoms with Crippen molar-refractivity contribution in [2.24, 2.45) is 0 Å². The van der Waals surface area contributed by atoms with Gasteiger partial charge < -0.3 is 0 Å². The first kappa shape index (κ1) is 19.1. The van der Waals surface area contributed by atoms with E-state index in [0.717, 1.165) is 4.47 Å². The fourth-order valence-corrected chi connectivity index (χ4v) is 6.17. The van der Waals surface area contributed by atoms with Gasteiger partial charge in [0.15, 0.2) is 0 Å². The molecule has 0 heterocycles. The maximum atomic E-state index is 3.68. The van der Waals surface area contributed by atoms with Gasteiger partial charge >= 0.3 is 0 Å². The van der Waals surface area contributed by atoms with Crippen molar-refractivity contribution in [1.82, 2.24) is 0 Å². The van der Waals surface area contributed by atoms with Gasteiger partial charge in [-0.3, -0.25) is 0 Å². The lowest BCUT2D eigenvalue weighted by Crippen LogP contribution is -2.15. The van der Waals surface area contributed by atoms with Crippen LogP contribution in [0.2, 0.25) is 0 Å². The summed E-state index contributed by atoms with van der Waals surface area (Å²) in [7, 11) is 0. The molecule has 4 aromatic carbocycles. The number of halogens is 1. The molecule has 152 valence electrons. The van der Waals surface area contributed by atoms with Crippen LogP contribution in [0, 0.1) is 0 Å². The Morgan fingerprint density at radius 1 is 0.484 bits per heavy atom. The minimum atomic E-state index is 0.0259. The van der Waals surface area contributed by atoms with E-state index in [0.29, 0.717) is 0 Å². The highest BCUT2D eigenvalue weighted by atomic mass is 79.9. The molecule has 0 amide bonds. The molecule has 0 spiro atoms. The minimum absolute atomic E-state index is 0.0259. The Bertz CT molecular complexity index is 1390. The Morgan fingerprint density at radius 3 is 1.84 bits per heavy atom. The zero-order valence-electron chi connectivity index (χ0n) is 18.4. The first-order valence-corrected chi connectivity index (χ1v) is 11.8. The first-order valence-electron chi connectivity index (χ1n) is 11.0. The Labute approximate surface area is 193 Å². The van der Waals surface area contributed by atoms with Gasteiger partial charge in [0, 0.05) is 15.3 Å². The Balaban J connectivity index is 1.52. The quantitative estimate of drug-likeness (QED) is 0.264. The molecule has 1 heteroatoms. The third-order valence-electron chi connectivity index (χ3n) is 7.55. The van der Waals surface area contributed by atoms with Crippen LogP contribution in [-0.4, -0.2) is 0 Å². The smallest absolute Gasteiger partial charge is 0.0181 e. The average Bonchev–Trinajstić information content (AvgIpc) is 3.13. The molecule has 0 N–H and O–H groups in total. The van der Waals surface area contributed by atoms with Crippen LogP contribution in [0.5, 0.6) is 0 Å². The second-order valence-corrected chi connectivity index (χ2v) is 10.9. The van der Waals surface area contributed by atoms with Crippen molar-refractivity contribution < 1.29 is 0 Å². The summed E-state index contributed by atoms with van der Waals surface area (Å²) in [4.78, 5) is 0. The van der Waals surface area contributed by atoms with Crippen LogP contribution in [0.15, 0.2) is 83.3 Å². The molecule has 0 aromatic heterocycles. The molecule has 0 saturated heterocycles. The van der Waals surface area contributed by atoms with Crippen molar-refractivity contribution >= 4 is 15.9 Å². The van der Waals surface area contributed by atoms with Crippen molar-refractivity contribution in [3.8, 4) is 33.4 Å². The fourth-order valence-electron chi connectivity index (χ4n) is 5.80. The predicted octanol–water partition coefficient (Wildman–Crippen LogP) is 8.73. The van der Waals surface area contributed by atoms with Crippen LogP contribution in [0.1, 0.15) is 49.9 Å². The van der Waals surface area contributed by atoms with Gasteiger partial charge in [-0.15, -0.1) is 0 Å². The number of benzene rings is 4. The van der Waals surface area contributed by atoms with Crippen LogP contribution in [0.3, 0.4) is 0 Å². The Hall–Kier alpha value is -2.64. The van der Waals surface area contributed by atoms with Crippen molar-refractivity contribution in [3.05, 3.63) is 106 Å². The van der Waals surface area contributed by atoms with E-state index in [4.69, 9.17) is 0 Å². The molecular weight excluding hydrogens is 440 g/mol. The topological polar surface area (TPSA) is 0 Å². The molecule has 4 aromatic rings. The summed E-state index contributed by atoms with van der Waals surface area (Å²) in [5, 5.41) is 0. The Kier molecular flexibility index (Phi) is 3.82. The minimum Gasteiger partial charge on any atom is -0.0619 e. The third kappa shape index (κ3) is 2.53. The van der Waals surface area contributed by atoms with Gasteiger partial charge in [-0.1, -0.05) is 98.2 Å². The number of rotatable bonds is 1. The highest BCUT2D eigenvalue weighted by Gasteiger charge is 2.37. The summed E-state index contributed by atoms with van der Waals surface area (Å²) in [5.41, 5.74) is 13.8. The molecule has 0 bridgehead atoms. The van der Waals surface area contributed by atoms with Crippen molar-refractivity contribution in [2.75, 3.05) is 0 Å². The SMILES string of the molecule is CC1(C)c2ccc(Br)cc2-c2cc(-c3ccc4c(c3)C(C)(C)c3ccccc3-4)ccc21. The van der Waals surface area contributed by atoms with E-state index >= 15 is 0 Å². The largest absolute Gasteiger partial charge is 0.0619 e. The second kappa shape index (κ2) is 6.20. The lowest BCUT2D eigenvalue weighted by molar-refractivity contribution is 0.660. The molecule has 2 aliphatic carbocycles. The lowest BCUT2D eigenvalue weighted by Gasteiger charge is -2.22. The average molecular weight is 465 g/mol. The highest BCUT2D eigenvalue weighted by molar-refractivity contribution is 9.10. The van der Waals surface area contributed by atoms with Crippen LogP contribution in [-0.2, 0) is 10.8 Å². The summed E-state index contributed by atoms with van der Waals surface area (Å²) in [6, 6.07) is 29.6. The fraction of sp³-hybridized carbons (Fsp3) is 0.200. The van der Waals surface area contributed by atoms with Gasteiger partial charge in [-0.2, -0.15) is 0 Å². The summed E-state index contributed by atoms with van der Waals surface area (Å²) >= 11 is 3.68. The van der Waals surface area contributed by atoms with E-state index in [-0.39, 0.29) is 10.8 Å². The van der Waals surface area contributed by atoms with Gasteiger partial charge in [0.05, 0.1) is 0 Å². The van der Waals surface area contributed by atoms with Gasteiger partial charge in [0.1, 0.15) is 0 Å². The molecule has 0 aliphatic heterocycles. The standard InChI is InChI=1S/C30H25Br/c1-29(2)26-13-10-18(15-23(26)24-17-20(31)11-14-27(24)29)19-9-12-22-21-7-5-6-8-25(21)30(3,4)28(22)16-19/h5-17H,1-4H3. The first-order chi connectivity index (χ1) is 14.8. The van der Waals surface area contributed by atoms with E-state index in [9.17, 15) is 0 Å². The van der Waals surface area contributed by atoms with E-state index < -0.39 is 0 Å². The van der Waals surface area contributed by atoms with Gasteiger partial charge in [-0.05, 0) is 79.9 Å². The molecular formula is C30H25Br. The van der Waals surface area contributed by atoms with E-state index in [2.05, 4.69) is 122 Å². The van der Waals surface area contributed by atoms with Gasteiger partial charge in [0.25, 0.3) is 0 Å². The second-order valence-electron chi connectivity index (χ2n) is 10.0. The van der Waals surface area contributed by atoms with Gasteiger partial charge in [0.2, 0.25) is 0 Å². The van der Waals surface area contributed by atoms with Gasteiger partial charge in [-0.25, -0.2) is 0 Å². The lowest BCUT2D eigenvalue weighted by atomic mass is 9.81. The zero-order chi connectivity index (χ0) is 21.5. The normalized spacial score (nSPS) is 16.4. The molecule has 31 heavy (non-hydrogen) atoms. The zero-order valence-corrected chi connectivity index (χ0v) is 20.0. The monoisotopic (exact) mass is 464 g/mol. The molecule has 6 rings (SSSR count). The molecule has 0 saturated carbocycles. The summed E-state index contributed by atoms with van der Waals surface area (Å²) in [6.45, 7) is 9.36. The van der Waals surface area contributed by atoms with Crippen LogP contribution in [0.25, 0.3) is 33.4 Å². The summed E-state index contributed by atoms with van der Waals surface area (Å²) in [5.74, 6) is 0. The number of hydrogen-bond donors (Lipinski definition) is 0. The van der Waals surface area contributed by atoms with Crippen molar-refractivity contribution in [2.45, 2.75) is 38.5 Å². The van der Waals surface area contributed by atoms with Crippen molar-refractivity contribution in [3.63, 3.8) is 0 Å². The number of hydrogen-bond acceptors (Lipinski definition) is 0. The molecule has 0 radical (unpaired) electrons. The van der Waals surface area contributed by atoms with E-state index in [1.165, 1.54) is 55.6 Å². The number of fused-ring (bicyclic) bond motifs is 6. The van der Waals surface area contributed by atoms with E-state index in [1.54, 1.807) is 0 Å². The molecule has 0 atom stereocenters. The molecule has 2 aliphatic rings. The highest BCUT2D eigenvalue weighted by Crippen LogP contribution is 2.52. The van der Waals surface area contributed by atoms with Crippen molar-refractivity contribution in [1.29, 1.82) is 0 Å². The van der Waals surface area contributed by atoms with E-state index in [1.807, 2.05) is 0 Å². The summed E-state index contributed by atoms with van der Waals surface area (Å²) in [6.07, 6.45) is 0. The maximum absolute atomic E-state index is 3.68. The van der Waals surface area contributed by atoms with Crippen LogP contribution < -0.4 is 0 Å². The molecule has 0 unspecified atom stereocenters. The van der Waals surface area contributed by atoms with Crippen LogP contribution in [0.4, 0.5) is 0 Å². The third-order valence-corrected chi connectivity index (χ3v) is 8.05. The Morgan fingerprint density at radius 2 is 1.03 bits per heavy atom. The predicted molar refractivity (Wildman–Crippen MR) is 135 cm³/mol. The maximum Gasteiger partial charge on any atom is 0.0181 e. The molecule has 0 fully saturated rings. The summed E-state index contributed by atoms with van der Waals surface area (Å²) < 4.78 is 1.14. The van der Waals surface area contributed by atoms with Crippen LogP contribution >= 0.6 is 15.9 Å².